The number of carbonyl (C=O) groups is 1. The molecule has 1 amide bonds. The fourth-order valence-corrected chi connectivity index (χ4v) is 4.82. The van der Waals surface area contributed by atoms with Crippen LogP contribution in [0.2, 0.25) is 0 Å². The lowest BCUT2D eigenvalue weighted by molar-refractivity contribution is -0.121. The third-order valence-electron chi connectivity index (χ3n) is 5.71. The zero-order valence-corrected chi connectivity index (χ0v) is 15.6. The second-order valence-corrected chi connectivity index (χ2v) is 9.12. The maximum Gasteiger partial charge on any atom is 0.240 e. The molecule has 1 fully saturated rings. The lowest BCUT2D eigenvalue weighted by Gasteiger charge is -2.36. The van der Waals surface area contributed by atoms with Crippen LogP contribution in [0.4, 0.5) is 5.69 Å². The maximum atomic E-state index is 13.0. The van der Waals surface area contributed by atoms with Crippen molar-refractivity contribution in [2.24, 2.45) is 11.1 Å². The molecule has 0 atom stereocenters. The highest BCUT2D eigenvalue weighted by Gasteiger charge is 2.36. The minimum atomic E-state index is -3.52. The number of nitrogens with zero attached hydrogens (tertiary/aromatic N) is 1. The van der Waals surface area contributed by atoms with Crippen LogP contribution in [0, 0.1) is 5.41 Å². The third kappa shape index (κ3) is 3.59. The molecular weight excluding hydrogens is 338 g/mol. The number of nitrogens with one attached hydrogen (secondary N) is 1. The van der Waals surface area contributed by atoms with Crippen LogP contribution >= 0.6 is 0 Å². The molecule has 1 aliphatic carbocycles. The van der Waals surface area contributed by atoms with Gasteiger partial charge in [-0.25, -0.2) is 13.1 Å². The van der Waals surface area contributed by atoms with E-state index < -0.39 is 10.0 Å². The Morgan fingerprint density at radius 3 is 2.64 bits per heavy atom. The first-order valence-corrected chi connectivity index (χ1v) is 10.5. The van der Waals surface area contributed by atoms with Gasteiger partial charge in [0, 0.05) is 18.7 Å². The van der Waals surface area contributed by atoms with Gasteiger partial charge in [-0.15, -0.1) is 0 Å². The minimum Gasteiger partial charge on any atom is -0.330 e. The molecule has 7 heteroatoms. The first-order valence-electron chi connectivity index (χ1n) is 8.98. The van der Waals surface area contributed by atoms with Gasteiger partial charge in [0.25, 0.3) is 0 Å². The monoisotopic (exact) mass is 365 g/mol. The molecule has 2 aliphatic rings. The Balaban J connectivity index is 1.84. The molecule has 25 heavy (non-hydrogen) atoms. The second kappa shape index (κ2) is 7.05. The molecule has 0 radical (unpaired) electrons. The maximum absolute atomic E-state index is 13.0. The quantitative estimate of drug-likeness (QED) is 0.832. The SMILES string of the molecule is CNS(=O)(=O)c1ccc2c(c1)N(C(=O)CC1(CN)CCCCC1)CC2. The van der Waals surface area contributed by atoms with E-state index in [0.29, 0.717) is 19.5 Å². The summed E-state index contributed by atoms with van der Waals surface area (Å²) in [5, 5.41) is 0. The Kier molecular flexibility index (Phi) is 5.18. The van der Waals surface area contributed by atoms with Gasteiger partial charge in [-0.05, 0) is 56.0 Å². The Labute approximate surface area is 149 Å². The van der Waals surface area contributed by atoms with E-state index in [0.717, 1.165) is 43.4 Å². The van der Waals surface area contributed by atoms with E-state index in [1.54, 1.807) is 17.0 Å². The molecular formula is C18H27N3O3S. The molecule has 0 unspecified atom stereocenters. The van der Waals surface area contributed by atoms with Gasteiger partial charge in [-0.1, -0.05) is 25.3 Å². The summed E-state index contributed by atoms with van der Waals surface area (Å²) in [4.78, 5) is 14.9. The lowest BCUT2D eigenvalue weighted by Crippen LogP contribution is -2.40. The number of rotatable bonds is 5. The number of hydrogen-bond acceptors (Lipinski definition) is 4. The summed E-state index contributed by atoms with van der Waals surface area (Å²) in [6.07, 6.45) is 6.70. The highest BCUT2D eigenvalue weighted by Crippen LogP contribution is 2.40. The normalized spacial score (nSPS) is 19.7. The number of anilines is 1. The van der Waals surface area contributed by atoms with Crippen molar-refractivity contribution < 1.29 is 13.2 Å². The van der Waals surface area contributed by atoms with Gasteiger partial charge in [-0.2, -0.15) is 0 Å². The van der Waals surface area contributed by atoms with E-state index in [-0.39, 0.29) is 16.2 Å². The summed E-state index contributed by atoms with van der Waals surface area (Å²) >= 11 is 0. The molecule has 0 saturated heterocycles. The molecule has 3 N–H and O–H groups in total. The summed E-state index contributed by atoms with van der Waals surface area (Å²) in [7, 11) is -2.13. The highest BCUT2D eigenvalue weighted by molar-refractivity contribution is 7.89. The van der Waals surface area contributed by atoms with Crippen LogP contribution in [0.15, 0.2) is 23.1 Å². The van der Waals surface area contributed by atoms with Crippen LogP contribution in [0.1, 0.15) is 44.1 Å². The van der Waals surface area contributed by atoms with Gasteiger partial charge in [0.1, 0.15) is 0 Å². The zero-order valence-electron chi connectivity index (χ0n) is 14.8. The zero-order chi connectivity index (χ0) is 18.1. The van der Waals surface area contributed by atoms with E-state index >= 15 is 0 Å². The fourth-order valence-electron chi connectivity index (χ4n) is 4.07. The molecule has 138 valence electrons. The Morgan fingerprint density at radius 2 is 2.00 bits per heavy atom. The molecule has 6 nitrogen and oxygen atoms in total. The van der Waals surface area contributed by atoms with Crippen molar-refractivity contribution in [2.75, 3.05) is 25.0 Å². The van der Waals surface area contributed by atoms with Crippen LogP contribution in [-0.4, -0.2) is 34.5 Å². The molecule has 3 rings (SSSR count). The van der Waals surface area contributed by atoms with Crippen molar-refractivity contribution in [1.82, 2.24) is 4.72 Å². The average Bonchev–Trinajstić information content (AvgIpc) is 3.05. The predicted molar refractivity (Wildman–Crippen MR) is 97.9 cm³/mol. The van der Waals surface area contributed by atoms with E-state index in [2.05, 4.69) is 4.72 Å². The molecule has 1 aliphatic heterocycles. The molecule has 0 bridgehead atoms. The molecule has 0 aromatic heterocycles. The van der Waals surface area contributed by atoms with Gasteiger partial charge in [-0.3, -0.25) is 4.79 Å². The Bertz CT molecular complexity index is 755. The first-order chi connectivity index (χ1) is 11.9. The predicted octanol–water partition coefficient (Wildman–Crippen LogP) is 1.78. The summed E-state index contributed by atoms with van der Waals surface area (Å²) in [5.41, 5.74) is 7.68. The van der Waals surface area contributed by atoms with E-state index in [1.807, 2.05) is 6.07 Å². The first kappa shape index (κ1) is 18.4. The molecule has 0 spiro atoms. The molecule has 1 heterocycles. The fraction of sp³-hybridized carbons (Fsp3) is 0.611. The Hall–Kier alpha value is -1.44. The lowest BCUT2D eigenvalue weighted by atomic mass is 9.71. The summed E-state index contributed by atoms with van der Waals surface area (Å²) in [6.45, 7) is 1.14. The summed E-state index contributed by atoms with van der Waals surface area (Å²) < 4.78 is 26.4. The Morgan fingerprint density at radius 1 is 1.28 bits per heavy atom. The minimum absolute atomic E-state index is 0.0603. The van der Waals surface area contributed by atoms with Gasteiger partial charge in [0.15, 0.2) is 0 Å². The van der Waals surface area contributed by atoms with Gasteiger partial charge in [0.05, 0.1) is 4.90 Å². The van der Waals surface area contributed by atoms with Crippen molar-refractivity contribution in [2.45, 2.75) is 49.8 Å². The molecule has 1 aromatic rings. The largest absolute Gasteiger partial charge is 0.330 e. The number of hydrogen-bond donors (Lipinski definition) is 2. The summed E-state index contributed by atoms with van der Waals surface area (Å²) in [6, 6.07) is 5.02. The van der Waals surface area contributed by atoms with Crippen LogP contribution in [-0.2, 0) is 21.2 Å². The van der Waals surface area contributed by atoms with Gasteiger partial charge in [0.2, 0.25) is 15.9 Å². The highest BCUT2D eigenvalue weighted by atomic mass is 32.2. The number of nitrogens with two attached hydrogens (primary N) is 1. The summed E-state index contributed by atoms with van der Waals surface area (Å²) in [5.74, 6) is 0.0603. The van der Waals surface area contributed by atoms with Crippen LogP contribution in [0.25, 0.3) is 0 Å². The molecule has 1 aromatic carbocycles. The number of amides is 1. The third-order valence-corrected chi connectivity index (χ3v) is 7.12. The van der Waals surface area contributed by atoms with E-state index in [9.17, 15) is 13.2 Å². The average molecular weight is 365 g/mol. The van der Waals surface area contributed by atoms with Crippen molar-refractivity contribution >= 4 is 21.6 Å². The molecule has 1 saturated carbocycles. The number of benzene rings is 1. The smallest absolute Gasteiger partial charge is 0.240 e. The van der Waals surface area contributed by atoms with Crippen LogP contribution < -0.4 is 15.4 Å². The van der Waals surface area contributed by atoms with Crippen LogP contribution in [0.5, 0.6) is 0 Å². The van der Waals surface area contributed by atoms with Crippen LogP contribution in [0.3, 0.4) is 0 Å². The van der Waals surface area contributed by atoms with Crippen molar-refractivity contribution in [3.8, 4) is 0 Å². The van der Waals surface area contributed by atoms with Crippen molar-refractivity contribution in [1.29, 1.82) is 0 Å². The number of sulfonamides is 1. The number of fused-ring (bicyclic) bond motifs is 1. The number of carbonyl (C=O) groups excluding carboxylic acids is 1. The topological polar surface area (TPSA) is 92.5 Å². The van der Waals surface area contributed by atoms with Gasteiger partial charge < -0.3 is 10.6 Å². The van der Waals surface area contributed by atoms with Crippen molar-refractivity contribution in [3.63, 3.8) is 0 Å². The van der Waals surface area contributed by atoms with Crippen molar-refractivity contribution in [3.05, 3.63) is 23.8 Å². The second-order valence-electron chi connectivity index (χ2n) is 7.24. The van der Waals surface area contributed by atoms with Gasteiger partial charge >= 0.3 is 0 Å². The standard InChI is InChI=1S/C18H27N3O3S/c1-20-25(23,24)15-6-5-14-7-10-21(16(14)11-15)17(22)12-18(13-19)8-3-2-4-9-18/h5-6,11,20H,2-4,7-10,12-13,19H2,1H3. The van der Waals surface area contributed by atoms with E-state index in [1.165, 1.54) is 13.5 Å². The van der Waals surface area contributed by atoms with E-state index in [4.69, 9.17) is 5.73 Å².